The number of nitrogen functional groups attached to an aromatic ring is 1. The van der Waals surface area contributed by atoms with E-state index in [1.807, 2.05) is 25.9 Å². The van der Waals surface area contributed by atoms with Gasteiger partial charge in [-0.2, -0.15) is 0 Å². The minimum atomic E-state index is -0.944. The molecule has 0 aliphatic rings. The molecule has 2 aromatic rings. The van der Waals surface area contributed by atoms with E-state index >= 15 is 0 Å². The maximum atomic E-state index is 13.4. The fourth-order valence-corrected chi connectivity index (χ4v) is 3.34. The van der Waals surface area contributed by atoms with Gasteiger partial charge in [0.05, 0.1) is 6.61 Å². The average molecular weight is 536 g/mol. The van der Waals surface area contributed by atoms with Crippen LogP contribution in [0.15, 0.2) is 79.0 Å². The van der Waals surface area contributed by atoms with Crippen LogP contribution in [0.25, 0.3) is 0 Å². The van der Waals surface area contributed by atoms with Crippen LogP contribution in [0, 0.1) is 5.41 Å². The van der Waals surface area contributed by atoms with Crippen LogP contribution in [0.3, 0.4) is 0 Å². The summed E-state index contributed by atoms with van der Waals surface area (Å²) in [5, 5.41) is 10.8. The van der Waals surface area contributed by atoms with Gasteiger partial charge in [0.2, 0.25) is 0 Å². The summed E-state index contributed by atoms with van der Waals surface area (Å²) < 4.78 is 11.7. The Labute approximate surface area is 229 Å². The van der Waals surface area contributed by atoms with Crippen LogP contribution in [0.2, 0.25) is 0 Å². The number of amidine groups is 1. The number of allylic oxidation sites excluding steroid dienone is 2. The number of hydrazine groups is 1. The molecule has 1 unspecified atom stereocenters. The maximum Gasteiger partial charge on any atom is 0.269 e. The first kappa shape index (κ1) is 30.5. The summed E-state index contributed by atoms with van der Waals surface area (Å²) in [4.78, 5) is 27.9. The number of anilines is 1. The first-order valence-electron chi connectivity index (χ1n) is 12.3. The third kappa shape index (κ3) is 9.56. The number of nitrogens with one attached hydrogen (secondary N) is 4. The molecule has 0 aliphatic carbocycles. The largest absolute Gasteiger partial charge is 0.490 e. The Balaban J connectivity index is 2.37. The van der Waals surface area contributed by atoms with Crippen LogP contribution in [-0.2, 0) is 9.59 Å². The molecular formula is C28H37N7O4. The van der Waals surface area contributed by atoms with Gasteiger partial charge >= 0.3 is 0 Å². The van der Waals surface area contributed by atoms with Crippen molar-refractivity contribution in [3.63, 3.8) is 0 Å². The van der Waals surface area contributed by atoms with Gasteiger partial charge in [0.1, 0.15) is 18.5 Å². The fraction of sp³-hybridized carbons (Fsp3) is 0.250. The van der Waals surface area contributed by atoms with E-state index in [-0.39, 0.29) is 11.4 Å². The van der Waals surface area contributed by atoms with Crippen LogP contribution in [0.5, 0.6) is 11.5 Å². The highest BCUT2D eigenvalue weighted by atomic mass is 16.5. The first-order valence-corrected chi connectivity index (χ1v) is 12.3. The number of rotatable bonds is 14. The number of carbonyl (C=O) groups excluding carboxylic acids is 2. The summed E-state index contributed by atoms with van der Waals surface area (Å²) in [7, 11) is 3.91. The minimum absolute atomic E-state index is 0.0697. The fourth-order valence-electron chi connectivity index (χ4n) is 3.34. The van der Waals surface area contributed by atoms with Crippen molar-refractivity contribution in [2.24, 2.45) is 11.5 Å². The number of hydrogen-bond donors (Lipinski definition) is 6. The van der Waals surface area contributed by atoms with E-state index in [4.69, 9.17) is 26.4 Å². The molecule has 8 N–H and O–H groups in total. The summed E-state index contributed by atoms with van der Waals surface area (Å²) in [6.07, 6.45) is 5.49. The van der Waals surface area contributed by atoms with Crippen LogP contribution in [0.1, 0.15) is 24.1 Å². The van der Waals surface area contributed by atoms with E-state index in [1.54, 1.807) is 42.5 Å². The lowest BCUT2D eigenvalue weighted by Gasteiger charge is -2.22. The van der Waals surface area contributed by atoms with E-state index in [0.717, 1.165) is 6.54 Å². The first-order chi connectivity index (χ1) is 18.7. The van der Waals surface area contributed by atoms with Gasteiger partial charge in [0, 0.05) is 23.4 Å². The highest BCUT2D eigenvalue weighted by Crippen LogP contribution is 2.32. The molecule has 11 heteroatoms. The van der Waals surface area contributed by atoms with Crippen LogP contribution >= 0.6 is 0 Å². The quantitative estimate of drug-likeness (QED) is 0.0703. The summed E-state index contributed by atoms with van der Waals surface area (Å²) in [5.41, 5.74) is 17.7. The highest BCUT2D eigenvalue weighted by molar-refractivity contribution is 5.98. The average Bonchev–Trinajstić information content (AvgIpc) is 2.91. The van der Waals surface area contributed by atoms with Gasteiger partial charge in [-0.15, -0.1) is 0 Å². The van der Waals surface area contributed by atoms with E-state index in [2.05, 4.69) is 22.7 Å². The van der Waals surface area contributed by atoms with Crippen molar-refractivity contribution in [1.29, 1.82) is 5.41 Å². The zero-order valence-electron chi connectivity index (χ0n) is 22.5. The third-order valence-corrected chi connectivity index (χ3v) is 5.30. The number of nitrogens with zero attached hydrogens (tertiary/aromatic N) is 1. The Bertz CT molecular complexity index is 1210. The van der Waals surface area contributed by atoms with E-state index in [9.17, 15) is 9.59 Å². The summed E-state index contributed by atoms with van der Waals surface area (Å²) >= 11 is 0. The molecule has 0 bridgehead atoms. The lowest BCUT2D eigenvalue weighted by atomic mass is 10.0. The molecule has 0 fully saturated rings. The van der Waals surface area contributed by atoms with E-state index in [0.29, 0.717) is 41.5 Å². The molecule has 0 aliphatic heterocycles. The van der Waals surface area contributed by atoms with Crippen LogP contribution in [-0.4, -0.2) is 56.4 Å². The van der Waals surface area contributed by atoms with Gasteiger partial charge < -0.3 is 31.2 Å². The lowest BCUT2D eigenvalue weighted by molar-refractivity contribution is -0.127. The Morgan fingerprint density at radius 2 is 1.82 bits per heavy atom. The molecule has 11 nitrogen and oxygen atoms in total. The van der Waals surface area contributed by atoms with Crippen molar-refractivity contribution >= 4 is 23.3 Å². The predicted octanol–water partition coefficient (Wildman–Crippen LogP) is 2.20. The molecule has 2 aromatic carbocycles. The summed E-state index contributed by atoms with van der Waals surface area (Å²) in [5.74, 6) is -0.159. The molecule has 0 aromatic heterocycles. The van der Waals surface area contributed by atoms with Gasteiger partial charge in [-0.25, -0.2) is 0 Å². The van der Waals surface area contributed by atoms with Crippen molar-refractivity contribution in [2.45, 2.75) is 13.0 Å². The molecule has 208 valence electrons. The van der Waals surface area contributed by atoms with Crippen LogP contribution < -0.4 is 37.1 Å². The molecule has 39 heavy (non-hydrogen) atoms. The number of carbonyl (C=O) groups is 2. The van der Waals surface area contributed by atoms with E-state index in [1.165, 1.54) is 24.4 Å². The number of nitrogens with two attached hydrogens (primary N) is 2. The SMILES string of the molecule is C=C/C=C(\C=C/N)C(=O)NNC(=O)C(Nc1ccc(C(=N)N)cc1)c1ccc(OCCN(C)C)c(OCC)c1. The molecule has 2 amide bonds. The second-order valence-electron chi connectivity index (χ2n) is 8.52. The summed E-state index contributed by atoms with van der Waals surface area (Å²) in [6.45, 7) is 7.01. The number of benzene rings is 2. The molecule has 1 atom stereocenters. The molecular weight excluding hydrogens is 498 g/mol. The molecule has 0 heterocycles. The maximum absolute atomic E-state index is 13.4. The molecule has 0 spiro atoms. The highest BCUT2D eigenvalue weighted by Gasteiger charge is 2.23. The van der Waals surface area contributed by atoms with Crippen molar-refractivity contribution in [3.05, 3.63) is 90.2 Å². The van der Waals surface area contributed by atoms with Crippen molar-refractivity contribution in [2.75, 3.05) is 39.2 Å². The smallest absolute Gasteiger partial charge is 0.269 e. The number of likely N-dealkylation sites (N-methyl/N-ethyl adjacent to an activating group) is 1. The normalized spacial score (nSPS) is 12.1. The van der Waals surface area contributed by atoms with Gasteiger partial charge in [0.25, 0.3) is 11.8 Å². The minimum Gasteiger partial charge on any atom is -0.490 e. The van der Waals surface area contributed by atoms with Crippen molar-refractivity contribution in [3.8, 4) is 11.5 Å². The van der Waals surface area contributed by atoms with Crippen LogP contribution in [0.4, 0.5) is 5.69 Å². The van der Waals surface area contributed by atoms with Gasteiger partial charge in [0.15, 0.2) is 11.5 Å². The Morgan fingerprint density at radius 3 is 2.41 bits per heavy atom. The topological polar surface area (TPSA) is 168 Å². The monoisotopic (exact) mass is 535 g/mol. The standard InChI is InChI=1S/C28H37N7O4/c1-5-7-20(14-15-29)27(36)33-34-28(37)25(32-22-11-8-19(9-12-22)26(30)31)21-10-13-23(24(18-21)38-6-2)39-17-16-35(3)4/h5,7-15,18,25,32H,1,6,16-17,29H2,2-4H3,(H3,30,31)(H,33,36)(H,34,37)/b15-14-,20-7+. The molecule has 0 saturated carbocycles. The van der Waals surface area contributed by atoms with Crippen molar-refractivity contribution < 1.29 is 19.1 Å². The number of amides is 2. The van der Waals surface area contributed by atoms with Gasteiger partial charge in [-0.3, -0.25) is 25.8 Å². The second-order valence-corrected chi connectivity index (χ2v) is 8.52. The Hall–Kier alpha value is -4.77. The molecule has 0 radical (unpaired) electrons. The second kappa shape index (κ2) is 15.5. The number of ether oxygens (including phenoxy) is 2. The number of hydrogen-bond acceptors (Lipinski definition) is 8. The predicted molar refractivity (Wildman–Crippen MR) is 153 cm³/mol. The zero-order chi connectivity index (χ0) is 28.8. The Morgan fingerprint density at radius 1 is 1.10 bits per heavy atom. The van der Waals surface area contributed by atoms with Crippen molar-refractivity contribution in [1.82, 2.24) is 15.8 Å². The summed E-state index contributed by atoms with van der Waals surface area (Å²) in [6, 6.07) is 11.0. The van der Waals surface area contributed by atoms with Gasteiger partial charge in [-0.05, 0) is 81.3 Å². The molecule has 0 saturated heterocycles. The van der Waals surface area contributed by atoms with E-state index < -0.39 is 17.9 Å². The van der Waals surface area contributed by atoms with Gasteiger partial charge in [-0.1, -0.05) is 18.7 Å². The zero-order valence-corrected chi connectivity index (χ0v) is 22.5. The lowest BCUT2D eigenvalue weighted by Crippen LogP contribution is -2.45. The third-order valence-electron chi connectivity index (χ3n) is 5.30. The molecule has 2 rings (SSSR count). The Kier molecular flexibility index (Phi) is 12.1.